The van der Waals surface area contributed by atoms with Gasteiger partial charge >= 0.3 is 5.97 Å². The Kier molecular flexibility index (Phi) is 3.21. The Morgan fingerprint density at radius 1 is 1.00 bits per heavy atom. The third-order valence-corrected chi connectivity index (χ3v) is 2.68. The second-order valence-corrected chi connectivity index (χ2v) is 3.71. The lowest BCUT2D eigenvalue weighted by molar-refractivity contribution is 0.0697. The van der Waals surface area contributed by atoms with Crippen molar-refractivity contribution in [2.24, 2.45) is 5.73 Å². The molecule has 0 spiro atoms. The minimum absolute atomic E-state index is 0.299. The zero-order valence-electron chi connectivity index (χ0n) is 9.26. The first-order valence-corrected chi connectivity index (χ1v) is 5.34. The highest BCUT2D eigenvalue weighted by molar-refractivity contribution is 5.96. The Morgan fingerprint density at radius 3 is 2.24 bits per heavy atom. The molecule has 0 saturated carbocycles. The first-order chi connectivity index (χ1) is 8.24. The van der Waals surface area contributed by atoms with Crippen molar-refractivity contribution >= 4 is 5.97 Å². The fourth-order valence-corrected chi connectivity index (χ4v) is 1.87. The molecule has 0 saturated heterocycles. The second-order valence-electron chi connectivity index (χ2n) is 3.71. The van der Waals surface area contributed by atoms with E-state index in [1.807, 2.05) is 30.3 Å². The summed E-state index contributed by atoms with van der Waals surface area (Å²) in [7, 11) is 0. The molecule has 0 aliphatic rings. The van der Waals surface area contributed by atoms with E-state index in [0.29, 0.717) is 17.7 Å². The summed E-state index contributed by atoms with van der Waals surface area (Å²) < 4.78 is 0. The Bertz CT molecular complexity index is 549. The smallest absolute Gasteiger partial charge is 0.336 e. The Hall–Kier alpha value is -2.13. The predicted octanol–water partition coefficient (Wildman–Crippen LogP) is 2.51. The molecule has 0 unspecified atom stereocenters. The number of carboxylic acid groups (broad SMARTS) is 1. The SMILES string of the molecule is NCc1ccccc1-c1ccccc1C(=O)O. The van der Waals surface area contributed by atoms with Crippen LogP contribution in [-0.2, 0) is 6.54 Å². The van der Waals surface area contributed by atoms with E-state index in [9.17, 15) is 4.79 Å². The van der Waals surface area contributed by atoms with Crippen LogP contribution in [0.2, 0.25) is 0 Å². The van der Waals surface area contributed by atoms with Crippen molar-refractivity contribution in [2.45, 2.75) is 6.54 Å². The van der Waals surface area contributed by atoms with Gasteiger partial charge in [-0.2, -0.15) is 0 Å². The van der Waals surface area contributed by atoms with E-state index in [1.54, 1.807) is 18.2 Å². The van der Waals surface area contributed by atoms with Gasteiger partial charge in [0.2, 0.25) is 0 Å². The van der Waals surface area contributed by atoms with Crippen LogP contribution in [0.25, 0.3) is 11.1 Å². The summed E-state index contributed by atoms with van der Waals surface area (Å²) in [4.78, 5) is 11.2. The maximum absolute atomic E-state index is 11.2. The molecule has 0 bridgehead atoms. The number of aromatic carboxylic acids is 1. The molecule has 0 radical (unpaired) electrons. The average Bonchev–Trinajstić information content (AvgIpc) is 2.38. The van der Waals surface area contributed by atoms with Crippen molar-refractivity contribution in [3.05, 3.63) is 59.7 Å². The van der Waals surface area contributed by atoms with Crippen LogP contribution in [-0.4, -0.2) is 11.1 Å². The highest BCUT2D eigenvalue weighted by Gasteiger charge is 2.12. The van der Waals surface area contributed by atoms with Gasteiger partial charge in [-0.15, -0.1) is 0 Å². The zero-order valence-corrected chi connectivity index (χ0v) is 9.26. The number of benzene rings is 2. The molecule has 86 valence electrons. The summed E-state index contributed by atoms with van der Waals surface area (Å²) in [6, 6.07) is 14.5. The number of carboxylic acids is 1. The van der Waals surface area contributed by atoms with Crippen LogP contribution in [0.3, 0.4) is 0 Å². The van der Waals surface area contributed by atoms with Crippen LogP contribution in [0.15, 0.2) is 48.5 Å². The largest absolute Gasteiger partial charge is 0.478 e. The van der Waals surface area contributed by atoms with E-state index in [-0.39, 0.29) is 0 Å². The predicted molar refractivity (Wildman–Crippen MR) is 66.7 cm³/mol. The molecule has 17 heavy (non-hydrogen) atoms. The average molecular weight is 227 g/mol. The van der Waals surface area contributed by atoms with Gasteiger partial charge < -0.3 is 10.8 Å². The van der Waals surface area contributed by atoms with E-state index < -0.39 is 5.97 Å². The molecule has 0 amide bonds. The van der Waals surface area contributed by atoms with Crippen LogP contribution in [0, 0.1) is 0 Å². The molecule has 0 aliphatic heterocycles. The maximum Gasteiger partial charge on any atom is 0.336 e. The fourth-order valence-electron chi connectivity index (χ4n) is 1.87. The van der Waals surface area contributed by atoms with E-state index in [4.69, 9.17) is 10.8 Å². The lowest BCUT2D eigenvalue weighted by Crippen LogP contribution is -2.03. The first-order valence-electron chi connectivity index (χ1n) is 5.34. The summed E-state index contributed by atoms with van der Waals surface area (Å²) >= 11 is 0. The molecule has 3 nitrogen and oxygen atoms in total. The molecule has 2 aromatic rings. The number of carbonyl (C=O) groups is 1. The molecule has 0 atom stereocenters. The van der Waals surface area contributed by atoms with Crippen LogP contribution in [0.4, 0.5) is 0 Å². The molecule has 0 fully saturated rings. The second kappa shape index (κ2) is 4.80. The number of rotatable bonds is 3. The number of hydrogen-bond acceptors (Lipinski definition) is 2. The highest BCUT2D eigenvalue weighted by atomic mass is 16.4. The van der Waals surface area contributed by atoms with Crippen molar-refractivity contribution in [1.29, 1.82) is 0 Å². The topological polar surface area (TPSA) is 63.3 Å². The Labute approximate surface area is 99.5 Å². The summed E-state index contributed by atoms with van der Waals surface area (Å²) in [5.41, 5.74) is 8.50. The van der Waals surface area contributed by atoms with Crippen molar-refractivity contribution in [3.63, 3.8) is 0 Å². The standard InChI is InChI=1S/C14H13NO2/c15-9-10-5-1-2-6-11(10)12-7-3-4-8-13(12)14(16)17/h1-8H,9,15H2,(H,16,17). The van der Waals surface area contributed by atoms with Crippen LogP contribution >= 0.6 is 0 Å². The van der Waals surface area contributed by atoms with Gasteiger partial charge in [0.25, 0.3) is 0 Å². The van der Waals surface area contributed by atoms with Gasteiger partial charge in [-0.05, 0) is 22.8 Å². The van der Waals surface area contributed by atoms with Crippen molar-refractivity contribution in [1.82, 2.24) is 0 Å². The van der Waals surface area contributed by atoms with E-state index >= 15 is 0 Å². The van der Waals surface area contributed by atoms with Crippen molar-refractivity contribution < 1.29 is 9.90 Å². The van der Waals surface area contributed by atoms with Crippen LogP contribution in [0.1, 0.15) is 15.9 Å². The molecular weight excluding hydrogens is 214 g/mol. The van der Waals surface area contributed by atoms with Gasteiger partial charge in [0.1, 0.15) is 0 Å². The van der Waals surface area contributed by atoms with Gasteiger partial charge in [-0.1, -0.05) is 42.5 Å². The normalized spacial score (nSPS) is 10.2. The maximum atomic E-state index is 11.2. The number of nitrogens with two attached hydrogens (primary N) is 1. The van der Waals surface area contributed by atoms with Crippen LogP contribution in [0.5, 0.6) is 0 Å². The molecule has 0 aliphatic carbocycles. The first kappa shape index (κ1) is 11.4. The van der Waals surface area contributed by atoms with E-state index in [1.165, 1.54) is 0 Å². The summed E-state index contributed by atoms with van der Waals surface area (Å²) in [6.45, 7) is 0.393. The summed E-state index contributed by atoms with van der Waals surface area (Å²) in [5, 5.41) is 9.16. The lowest BCUT2D eigenvalue weighted by Gasteiger charge is -2.10. The molecule has 2 aromatic carbocycles. The van der Waals surface area contributed by atoms with E-state index in [0.717, 1.165) is 11.1 Å². The summed E-state index contributed by atoms with van der Waals surface area (Å²) in [6.07, 6.45) is 0. The molecule has 0 aromatic heterocycles. The summed E-state index contributed by atoms with van der Waals surface area (Å²) in [5.74, 6) is -0.924. The lowest BCUT2D eigenvalue weighted by atomic mass is 9.95. The number of hydrogen-bond donors (Lipinski definition) is 2. The molecular formula is C14H13NO2. The zero-order chi connectivity index (χ0) is 12.3. The third kappa shape index (κ3) is 2.19. The fraction of sp³-hybridized carbons (Fsp3) is 0.0714. The molecule has 0 heterocycles. The van der Waals surface area contributed by atoms with Gasteiger partial charge in [0.15, 0.2) is 0 Å². The molecule has 2 rings (SSSR count). The quantitative estimate of drug-likeness (QED) is 0.846. The molecule has 3 heteroatoms. The van der Waals surface area contributed by atoms with Gasteiger partial charge in [0.05, 0.1) is 5.56 Å². The van der Waals surface area contributed by atoms with Crippen molar-refractivity contribution in [2.75, 3.05) is 0 Å². The Balaban J connectivity index is 2.64. The highest BCUT2D eigenvalue weighted by Crippen LogP contribution is 2.26. The van der Waals surface area contributed by atoms with Gasteiger partial charge in [-0.3, -0.25) is 0 Å². The monoisotopic (exact) mass is 227 g/mol. The minimum atomic E-state index is -0.924. The van der Waals surface area contributed by atoms with E-state index in [2.05, 4.69) is 0 Å². The molecule has 3 N–H and O–H groups in total. The van der Waals surface area contributed by atoms with Gasteiger partial charge in [-0.25, -0.2) is 4.79 Å². The third-order valence-electron chi connectivity index (χ3n) is 2.68. The van der Waals surface area contributed by atoms with Gasteiger partial charge in [0, 0.05) is 6.54 Å². The Morgan fingerprint density at radius 2 is 1.59 bits per heavy atom. The van der Waals surface area contributed by atoms with Crippen LogP contribution < -0.4 is 5.73 Å². The van der Waals surface area contributed by atoms with Crippen molar-refractivity contribution in [3.8, 4) is 11.1 Å². The minimum Gasteiger partial charge on any atom is -0.478 e.